The zero-order chi connectivity index (χ0) is 11.3. The summed E-state index contributed by atoms with van der Waals surface area (Å²) >= 11 is 0. The maximum atomic E-state index is 12.6. The molecule has 0 aromatic heterocycles. The van der Waals surface area contributed by atoms with Crippen LogP contribution in [-0.4, -0.2) is 8.07 Å². The van der Waals surface area contributed by atoms with Crippen LogP contribution in [0.15, 0.2) is 24.3 Å². The number of rotatable bonds is 5. The van der Waals surface area contributed by atoms with Crippen molar-refractivity contribution in [1.82, 2.24) is 0 Å². The van der Waals surface area contributed by atoms with Crippen LogP contribution in [0.1, 0.15) is 18.4 Å². The van der Waals surface area contributed by atoms with E-state index >= 15 is 0 Å². The Morgan fingerprint density at radius 2 is 1.60 bits per heavy atom. The van der Waals surface area contributed by atoms with E-state index in [0.717, 1.165) is 6.42 Å². The van der Waals surface area contributed by atoms with E-state index in [1.165, 1.54) is 24.4 Å². The summed E-state index contributed by atoms with van der Waals surface area (Å²) in [6.45, 7) is 7.22. The van der Waals surface area contributed by atoms with Crippen LogP contribution in [-0.2, 0) is 6.42 Å². The Morgan fingerprint density at radius 1 is 1.00 bits per heavy atom. The number of hydrogen-bond donors (Lipinski definition) is 0. The predicted molar refractivity (Wildman–Crippen MR) is 67.5 cm³/mol. The molecular formula is C13H21FSi. The van der Waals surface area contributed by atoms with Crippen molar-refractivity contribution in [3.63, 3.8) is 0 Å². The largest absolute Gasteiger partial charge is 0.207 e. The smallest absolute Gasteiger partial charge is 0.123 e. The van der Waals surface area contributed by atoms with Gasteiger partial charge in [0.1, 0.15) is 5.82 Å². The summed E-state index contributed by atoms with van der Waals surface area (Å²) in [5.74, 6) is -0.138. The molecule has 0 unspecified atom stereocenters. The lowest BCUT2D eigenvalue weighted by atomic mass is 10.1. The number of hydrogen-bond acceptors (Lipinski definition) is 0. The molecule has 0 aliphatic carbocycles. The van der Waals surface area contributed by atoms with Crippen LogP contribution >= 0.6 is 0 Å². The second-order valence-corrected chi connectivity index (χ2v) is 11.0. The number of unbranched alkanes of at least 4 members (excludes halogenated alkanes) is 1. The van der Waals surface area contributed by atoms with Gasteiger partial charge < -0.3 is 0 Å². The number of halogens is 1. The van der Waals surface area contributed by atoms with Gasteiger partial charge in [-0.2, -0.15) is 0 Å². The summed E-state index contributed by atoms with van der Waals surface area (Å²) in [5, 5.41) is 0. The standard InChI is InChI=1S/C13H21FSi/c1-15(2,3)11-5-4-6-12-7-9-13(14)10-8-12/h7-10H,4-6,11H2,1-3H3. The van der Waals surface area contributed by atoms with Gasteiger partial charge in [-0.25, -0.2) is 4.39 Å². The molecule has 0 spiro atoms. The van der Waals surface area contributed by atoms with Gasteiger partial charge in [-0.15, -0.1) is 0 Å². The van der Waals surface area contributed by atoms with E-state index in [9.17, 15) is 4.39 Å². The van der Waals surface area contributed by atoms with Gasteiger partial charge in [0, 0.05) is 8.07 Å². The van der Waals surface area contributed by atoms with Crippen LogP contribution in [0, 0.1) is 5.82 Å². The molecule has 0 atom stereocenters. The summed E-state index contributed by atoms with van der Waals surface area (Å²) in [4.78, 5) is 0. The van der Waals surface area contributed by atoms with Crippen molar-refractivity contribution in [2.45, 2.75) is 44.9 Å². The fraction of sp³-hybridized carbons (Fsp3) is 0.538. The average Bonchev–Trinajstić information content (AvgIpc) is 2.14. The van der Waals surface area contributed by atoms with Gasteiger partial charge in [-0.3, -0.25) is 0 Å². The van der Waals surface area contributed by atoms with Crippen molar-refractivity contribution < 1.29 is 4.39 Å². The van der Waals surface area contributed by atoms with Gasteiger partial charge in [0.15, 0.2) is 0 Å². The molecule has 2 heteroatoms. The van der Waals surface area contributed by atoms with Gasteiger partial charge in [0.2, 0.25) is 0 Å². The van der Waals surface area contributed by atoms with Crippen molar-refractivity contribution in [2.24, 2.45) is 0 Å². The van der Waals surface area contributed by atoms with E-state index in [2.05, 4.69) is 19.6 Å². The SMILES string of the molecule is C[Si](C)(C)CCCCc1ccc(F)cc1. The average molecular weight is 224 g/mol. The third-order valence-electron chi connectivity index (χ3n) is 2.56. The van der Waals surface area contributed by atoms with E-state index in [-0.39, 0.29) is 5.82 Å². The molecule has 1 aromatic carbocycles. The molecule has 0 aliphatic rings. The Morgan fingerprint density at radius 3 is 2.13 bits per heavy atom. The molecule has 0 N–H and O–H groups in total. The third-order valence-corrected chi connectivity index (χ3v) is 4.41. The highest BCUT2D eigenvalue weighted by Crippen LogP contribution is 2.15. The summed E-state index contributed by atoms with van der Waals surface area (Å²) in [5.41, 5.74) is 1.26. The highest BCUT2D eigenvalue weighted by Gasteiger charge is 2.11. The molecule has 0 heterocycles. The molecule has 0 radical (unpaired) electrons. The first kappa shape index (κ1) is 12.4. The second-order valence-electron chi connectivity index (χ2n) is 5.39. The number of aryl methyl sites for hydroxylation is 1. The van der Waals surface area contributed by atoms with Gasteiger partial charge >= 0.3 is 0 Å². The molecule has 0 amide bonds. The zero-order valence-corrected chi connectivity index (χ0v) is 11.0. The maximum Gasteiger partial charge on any atom is 0.123 e. The van der Waals surface area contributed by atoms with Crippen LogP contribution in [0.2, 0.25) is 25.7 Å². The van der Waals surface area contributed by atoms with E-state index in [0.29, 0.717) is 0 Å². The molecule has 0 saturated heterocycles. The zero-order valence-electron chi connectivity index (χ0n) is 10.0. The van der Waals surface area contributed by atoms with Crippen molar-refractivity contribution in [1.29, 1.82) is 0 Å². The molecule has 0 fully saturated rings. The maximum absolute atomic E-state index is 12.6. The Bertz CT molecular complexity index is 284. The topological polar surface area (TPSA) is 0 Å². The highest BCUT2D eigenvalue weighted by atomic mass is 28.3. The molecule has 0 saturated carbocycles. The van der Waals surface area contributed by atoms with Gasteiger partial charge in [0.25, 0.3) is 0 Å². The molecule has 0 bridgehead atoms. The highest BCUT2D eigenvalue weighted by molar-refractivity contribution is 6.76. The fourth-order valence-corrected chi connectivity index (χ4v) is 2.95. The first-order chi connectivity index (χ1) is 6.97. The van der Waals surface area contributed by atoms with Crippen molar-refractivity contribution in [3.05, 3.63) is 35.6 Å². The lowest BCUT2D eigenvalue weighted by Crippen LogP contribution is -2.18. The molecule has 15 heavy (non-hydrogen) atoms. The van der Waals surface area contributed by atoms with Gasteiger partial charge in [0.05, 0.1) is 0 Å². The minimum absolute atomic E-state index is 0.138. The van der Waals surface area contributed by atoms with Crippen LogP contribution in [0.4, 0.5) is 4.39 Å². The predicted octanol–water partition coefficient (Wildman–Crippen LogP) is 4.49. The second kappa shape index (κ2) is 5.45. The summed E-state index contributed by atoms with van der Waals surface area (Å²) in [7, 11) is -0.864. The van der Waals surface area contributed by atoms with Gasteiger partial charge in [-0.1, -0.05) is 44.2 Å². The Balaban J connectivity index is 2.23. The Kier molecular flexibility index (Phi) is 4.52. The summed E-state index contributed by atoms with van der Waals surface area (Å²) in [6, 6.07) is 8.28. The van der Waals surface area contributed by atoms with Crippen LogP contribution < -0.4 is 0 Å². The fourth-order valence-electron chi connectivity index (χ4n) is 1.64. The first-order valence-corrected chi connectivity index (χ1v) is 9.42. The quantitative estimate of drug-likeness (QED) is 0.511. The molecular weight excluding hydrogens is 203 g/mol. The van der Waals surface area contributed by atoms with E-state index in [1.54, 1.807) is 12.1 Å². The van der Waals surface area contributed by atoms with E-state index in [4.69, 9.17) is 0 Å². The van der Waals surface area contributed by atoms with Crippen molar-refractivity contribution in [3.8, 4) is 0 Å². The summed E-state index contributed by atoms with van der Waals surface area (Å²) in [6.07, 6.45) is 3.63. The summed E-state index contributed by atoms with van der Waals surface area (Å²) < 4.78 is 12.6. The van der Waals surface area contributed by atoms with Crippen molar-refractivity contribution >= 4 is 8.07 Å². The molecule has 0 nitrogen and oxygen atoms in total. The first-order valence-electron chi connectivity index (χ1n) is 5.72. The molecule has 1 rings (SSSR count). The minimum atomic E-state index is -0.864. The normalized spacial score (nSPS) is 11.7. The molecule has 0 aliphatic heterocycles. The van der Waals surface area contributed by atoms with E-state index < -0.39 is 8.07 Å². The minimum Gasteiger partial charge on any atom is -0.207 e. The lowest BCUT2D eigenvalue weighted by molar-refractivity contribution is 0.626. The Hall–Kier alpha value is -0.633. The lowest BCUT2D eigenvalue weighted by Gasteiger charge is -2.14. The monoisotopic (exact) mass is 224 g/mol. The number of benzene rings is 1. The molecule has 1 aromatic rings. The van der Waals surface area contributed by atoms with E-state index in [1.807, 2.05) is 12.1 Å². The third kappa shape index (κ3) is 5.73. The van der Waals surface area contributed by atoms with Crippen LogP contribution in [0.25, 0.3) is 0 Å². The van der Waals surface area contributed by atoms with Crippen molar-refractivity contribution in [2.75, 3.05) is 0 Å². The Labute approximate surface area is 93.5 Å². The van der Waals surface area contributed by atoms with Crippen LogP contribution in [0.3, 0.4) is 0 Å². The molecule has 84 valence electrons. The van der Waals surface area contributed by atoms with Gasteiger partial charge in [-0.05, 0) is 30.5 Å². The van der Waals surface area contributed by atoms with Crippen LogP contribution in [0.5, 0.6) is 0 Å².